The second-order valence-electron chi connectivity index (χ2n) is 6.90. The molecule has 0 bridgehead atoms. The van der Waals surface area contributed by atoms with Gasteiger partial charge in [0.1, 0.15) is 25.4 Å². The van der Waals surface area contributed by atoms with Crippen LogP contribution in [0.3, 0.4) is 0 Å². The van der Waals surface area contributed by atoms with Gasteiger partial charge >= 0.3 is 23.6 Å². The fraction of sp³-hybridized carbons (Fsp3) is 0.450. The molecule has 2 aromatic rings. The Balaban J connectivity index is 2.09. The summed E-state index contributed by atoms with van der Waals surface area (Å²) in [4.78, 5) is 55.6. The molecule has 3 heterocycles. The first-order valence-corrected chi connectivity index (χ1v) is 9.75. The highest BCUT2D eigenvalue weighted by Crippen LogP contribution is 2.34. The number of aromatic nitrogens is 5. The van der Waals surface area contributed by atoms with E-state index in [2.05, 4.69) is 26.9 Å². The maximum absolute atomic E-state index is 12.9. The van der Waals surface area contributed by atoms with E-state index in [9.17, 15) is 19.2 Å². The predicted molar refractivity (Wildman–Crippen MR) is 108 cm³/mol. The molecule has 1 fully saturated rings. The van der Waals surface area contributed by atoms with Crippen LogP contribution in [0, 0.1) is 11.8 Å². The average Bonchev–Trinajstić information content (AvgIpc) is 3.37. The molecule has 0 aliphatic carbocycles. The van der Waals surface area contributed by atoms with Crippen LogP contribution >= 0.6 is 0 Å². The molecule has 13 nitrogen and oxygen atoms in total. The molecule has 33 heavy (non-hydrogen) atoms. The van der Waals surface area contributed by atoms with Crippen LogP contribution < -0.4 is 5.69 Å². The third-order valence-corrected chi connectivity index (χ3v) is 4.44. The van der Waals surface area contributed by atoms with Gasteiger partial charge in [0.2, 0.25) is 0 Å². The Bertz CT molecular complexity index is 1160. The van der Waals surface area contributed by atoms with Gasteiger partial charge < -0.3 is 18.9 Å². The number of hydrogen-bond acceptors (Lipinski definition) is 11. The lowest BCUT2D eigenvalue weighted by molar-refractivity contribution is -0.166. The van der Waals surface area contributed by atoms with E-state index in [1.165, 1.54) is 30.5 Å². The maximum Gasteiger partial charge on any atom is 0.351 e. The molecule has 1 aliphatic rings. The summed E-state index contributed by atoms with van der Waals surface area (Å²) >= 11 is 0. The number of carbonyl (C=O) groups excluding carboxylic acids is 3. The molecule has 0 saturated carbocycles. The molecule has 13 heteroatoms. The second kappa shape index (κ2) is 10.0. The van der Waals surface area contributed by atoms with Gasteiger partial charge in [-0.15, -0.1) is 5.92 Å². The number of hydrogen-bond donors (Lipinski definition) is 0. The van der Waals surface area contributed by atoms with Crippen LogP contribution in [0.4, 0.5) is 0 Å². The van der Waals surface area contributed by atoms with Gasteiger partial charge in [0.15, 0.2) is 24.3 Å². The van der Waals surface area contributed by atoms with E-state index >= 15 is 0 Å². The molecule has 3 rings (SSSR count). The van der Waals surface area contributed by atoms with Crippen molar-refractivity contribution in [3.63, 3.8) is 0 Å². The highest BCUT2D eigenvalue weighted by molar-refractivity contribution is 5.68. The first kappa shape index (κ1) is 23.6. The van der Waals surface area contributed by atoms with Crippen molar-refractivity contribution < 1.29 is 33.3 Å². The molecule has 0 radical (unpaired) electrons. The Hall–Kier alpha value is -4.05. The smallest absolute Gasteiger partial charge is 0.351 e. The van der Waals surface area contributed by atoms with E-state index in [0.29, 0.717) is 5.56 Å². The normalized spacial score (nSPS) is 21.6. The number of carbonyl (C=O) groups is 3. The Kier molecular flexibility index (Phi) is 7.19. The minimum atomic E-state index is -1.25. The molecular formula is C20H21N5O8. The third kappa shape index (κ3) is 5.42. The van der Waals surface area contributed by atoms with Crippen LogP contribution in [-0.4, -0.2) is 67.1 Å². The zero-order chi connectivity index (χ0) is 24.1. The quantitative estimate of drug-likeness (QED) is 0.312. The van der Waals surface area contributed by atoms with Gasteiger partial charge in [0.25, 0.3) is 0 Å². The largest absolute Gasteiger partial charge is 0.463 e. The lowest BCUT2D eigenvalue weighted by Crippen LogP contribution is -2.42. The lowest BCUT2D eigenvalue weighted by Gasteiger charge is -2.24. The van der Waals surface area contributed by atoms with Crippen LogP contribution in [0.2, 0.25) is 0 Å². The van der Waals surface area contributed by atoms with Gasteiger partial charge in [0, 0.05) is 27.0 Å². The molecule has 2 aromatic heterocycles. The van der Waals surface area contributed by atoms with Crippen molar-refractivity contribution in [1.82, 2.24) is 24.3 Å². The Labute approximate surface area is 187 Å². The average molecular weight is 459 g/mol. The van der Waals surface area contributed by atoms with E-state index in [1.807, 2.05) is 0 Å². The lowest BCUT2D eigenvalue weighted by atomic mass is 10.1. The number of ether oxygens (including phenoxy) is 4. The minimum absolute atomic E-state index is 0.137. The molecule has 0 N–H and O–H groups in total. The summed E-state index contributed by atoms with van der Waals surface area (Å²) in [6, 6.07) is 0. The summed E-state index contributed by atoms with van der Waals surface area (Å²) in [7, 11) is 0. The van der Waals surface area contributed by atoms with Gasteiger partial charge in [-0.05, 0) is 6.92 Å². The molecule has 1 saturated heterocycles. The summed E-state index contributed by atoms with van der Waals surface area (Å²) < 4.78 is 23.9. The van der Waals surface area contributed by atoms with Gasteiger partial charge in [0.05, 0.1) is 5.56 Å². The van der Waals surface area contributed by atoms with E-state index in [1.54, 1.807) is 6.92 Å². The van der Waals surface area contributed by atoms with Crippen molar-refractivity contribution in [1.29, 1.82) is 0 Å². The molecular weight excluding hydrogens is 438 g/mol. The highest BCUT2D eigenvalue weighted by Gasteiger charge is 2.51. The third-order valence-electron chi connectivity index (χ3n) is 4.44. The zero-order valence-corrected chi connectivity index (χ0v) is 18.3. The van der Waals surface area contributed by atoms with Crippen molar-refractivity contribution in [3.8, 4) is 17.7 Å². The predicted octanol–water partition coefficient (Wildman–Crippen LogP) is -0.481. The Morgan fingerprint density at radius 3 is 2.39 bits per heavy atom. The zero-order valence-electron chi connectivity index (χ0n) is 18.3. The first-order valence-electron chi connectivity index (χ1n) is 9.75. The van der Waals surface area contributed by atoms with Crippen LogP contribution in [0.25, 0.3) is 5.82 Å². The van der Waals surface area contributed by atoms with Gasteiger partial charge in [-0.1, -0.05) is 5.92 Å². The SMILES string of the molecule is CC#Cc1cn([C@@H]2O[C@H](COC(C)=O)[C@@H](OC(C)=O)[C@@H]2OC(C)=O)c(=O)nc1-n1cncn1. The summed E-state index contributed by atoms with van der Waals surface area (Å²) in [6.07, 6.45) is -0.660. The van der Waals surface area contributed by atoms with Crippen molar-refractivity contribution in [2.75, 3.05) is 6.61 Å². The number of esters is 3. The van der Waals surface area contributed by atoms with E-state index in [4.69, 9.17) is 18.9 Å². The topological polar surface area (TPSA) is 154 Å². The molecule has 1 aliphatic heterocycles. The summed E-state index contributed by atoms with van der Waals surface area (Å²) in [5, 5.41) is 3.97. The van der Waals surface area contributed by atoms with Crippen LogP contribution in [0.1, 0.15) is 39.5 Å². The highest BCUT2D eigenvalue weighted by atomic mass is 16.7. The number of rotatable bonds is 6. The summed E-state index contributed by atoms with van der Waals surface area (Å²) in [6.45, 7) is 4.81. The standard InChI is InChI=1S/C20H21N5O8/c1-5-6-14-7-24(20(29)23-18(14)25-10-21-9-22-25)19-17(32-13(4)28)16(31-12(3)27)15(33-19)8-30-11(2)26/h7,9-10,15-17,19H,8H2,1-4H3/t15-,16-,17+,19-/m1/s1. The number of nitrogens with zero attached hydrogens (tertiary/aromatic N) is 5. The maximum atomic E-state index is 12.9. The van der Waals surface area contributed by atoms with Crippen LogP contribution in [0.15, 0.2) is 23.6 Å². The van der Waals surface area contributed by atoms with Crippen molar-refractivity contribution in [2.45, 2.75) is 52.2 Å². The minimum Gasteiger partial charge on any atom is -0.463 e. The fourth-order valence-electron chi connectivity index (χ4n) is 3.27. The molecule has 0 aromatic carbocycles. The summed E-state index contributed by atoms with van der Waals surface area (Å²) in [5.41, 5.74) is -0.473. The van der Waals surface area contributed by atoms with Gasteiger partial charge in [-0.3, -0.25) is 19.0 Å². The van der Waals surface area contributed by atoms with E-state index < -0.39 is 48.1 Å². The van der Waals surface area contributed by atoms with Crippen molar-refractivity contribution in [3.05, 3.63) is 34.9 Å². The molecule has 0 unspecified atom stereocenters. The van der Waals surface area contributed by atoms with Gasteiger partial charge in [-0.25, -0.2) is 14.5 Å². The van der Waals surface area contributed by atoms with Crippen molar-refractivity contribution in [2.24, 2.45) is 0 Å². The molecule has 4 atom stereocenters. The first-order chi connectivity index (χ1) is 15.7. The molecule has 0 amide bonds. The second-order valence-corrected chi connectivity index (χ2v) is 6.90. The molecule has 0 spiro atoms. The Morgan fingerprint density at radius 2 is 1.82 bits per heavy atom. The van der Waals surface area contributed by atoms with Gasteiger partial charge in [-0.2, -0.15) is 10.1 Å². The van der Waals surface area contributed by atoms with Crippen LogP contribution in [0.5, 0.6) is 0 Å². The molecule has 174 valence electrons. The Morgan fingerprint density at radius 1 is 1.12 bits per heavy atom. The fourth-order valence-corrected chi connectivity index (χ4v) is 3.27. The van der Waals surface area contributed by atoms with Crippen LogP contribution in [-0.2, 0) is 33.3 Å². The van der Waals surface area contributed by atoms with Crippen molar-refractivity contribution >= 4 is 17.9 Å². The van der Waals surface area contributed by atoms with E-state index in [-0.39, 0.29) is 12.4 Å². The summed E-state index contributed by atoms with van der Waals surface area (Å²) in [5.74, 6) is 3.71. The monoisotopic (exact) mass is 459 g/mol. The van der Waals surface area contributed by atoms with E-state index in [0.717, 1.165) is 18.4 Å².